The molecule has 0 aliphatic carbocycles. The summed E-state index contributed by atoms with van der Waals surface area (Å²) in [4.78, 5) is 55.5. The van der Waals surface area contributed by atoms with Gasteiger partial charge in [-0.05, 0) is 96.3 Å². The summed E-state index contributed by atoms with van der Waals surface area (Å²) in [7, 11) is 0. The van der Waals surface area contributed by atoms with E-state index >= 15 is 0 Å². The standard InChI is InChI=1S/C34H46N4O7/c1-33(2,3)44-31(41)24-9-11-25(12-10-24)35-30(40)28(36-32(42)45-34(4,5)6)21-23-7-13-27(14-8-23)38-18-17-37(22-29(38)39)26-15-19-43-20-16-26/h7-14,26,28H,15-22H2,1-6H3,(H,35,40)(H,36,42)/t28-/m0/s1. The average Bonchev–Trinajstić information content (AvgIpc) is 2.96. The molecule has 2 N–H and O–H groups in total. The summed E-state index contributed by atoms with van der Waals surface area (Å²) in [5, 5.41) is 5.51. The first-order valence-electron chi connectivity index (χ1n) is 15.5. The highest BCUT2D eigenvalue weighted by atomic mass is 16.6. The van der Waals surface area contributed by atoms with Crippen LogP contribution in [0.3, 0.4) is 0 Å². The summed E-state index contributed by atoms with van der Waals surface area (Å²) >= 11 is 0. The van der Waals surface area contributed by atoms with E-state index in [1.165, 1.54) is 0 Å². The van der Waals surface area contributed by atoms with Crippen LogP contribution in [-0.2, 0) is 30.2 Å². The van der Waals surface area contributed by atoms with Crippen LogP contribution in [0.2, 0.25) is 0 Å². The molecule has 3 amide bonds. The highest BCUT2D eigenvalue weighted by Crippen LogP contribution is 2.23. The van der Waals surface area contributed by atoms with E-state index in [-0.39, 0.29) is 12.3 Å². The molecule has 2 saturated heterocycles. The van der Waals surface area contributed by atoms with Gasteiger partial charge in [-0.1, -0.05) is 12.1 Å². The van der Waals surface area contributed by atoms with Crippen molar-refractivity contribution in [3.63, 3.8) is 0 Å². The van der Waals surface area contributed by atoms with Crippen LogP contribution in [0.25, 0.3) is 0 Å². The van der Waals surface area contributed by atoms with E-state index in [4.69, 9.17) is 14.2 Å². The summed E-state index contributed by atoms with van der Waals surface area (Å²) in [5.74, 6) is -0.854. The molecule has 2 aromatic rings. The lowest BCUT2D eigenvalue weighted by Gasteiger charge is -2.40. The van der Waals surface area contributed by atoms with Gasteiger partial charge >= 0.3 is 12.1 Å². The van der Waals surface area contributed by atoms with Crippen LogP contribution < -0.4 is 15.5 Å². The Morgan fingerprint density at radius 1 is 0.889 bits per heavy atom. The lowest BCUT2D eigenvalue weighted by atomic mass is 10.0. The molecular weight excluding hydrogens is 576 g/mol. The minimum atomic E-state index is -0.958. The van der Waals surface area contributed by atoms with Gasteiger partial charge < -0.3 is 29.7 Å². The van der Waals surface area contributed by atoms with Crippen LogP contribution >= 0.6 is 0 Å². The predicted molar refractivity (Wildman–Crippen MR) is 171 cm³/mol. The minimum Gasteiger partial charge on any atom is -0.456 e. The number of nitrogens with zero attached hydrogens (tertiary/aromatic N) is 2. The van der Waals surface area contributed by atoms with Crippen molar-refractivity contribution in [2.45, 2.75) is 84.1 Å². The molecule has 11 nitrogen and oxygen atoms in total. The number of esters is 1. The number of carbonyl (C=O) groups excluding carboxylic acids is 4. The lowest BCUT2D eigenvalue weighted by molar-refractivity contribution is -0.122. The van der Waals surface area contributed by atoms with Gasteiger partial charge in [0.25, 0.3) is 0 Å². The van der Waals surface area contributed by atoms with Crippen molar-refractivity contribution in [3.8, 4) is 0 Å². The number of benzene rings is 2. The molecule has 2 aliphatic heterocycles. The second-order valence-electron chi connectivity index (χ2n) is 13.5. The van der Waals surface area contributed by atoms with Crippen LogP contribution in [0.15, 0.2) is 48.5 Å². The van der Waals surface area contributed by atoms with Crippen molar-refractivity contribution in [1.82, 2.24) is 10.2 Å². The van der Waals surface area contributed by atoms with Crippen LogP contribution in [0.1, 0.15) is 70.3 Å². The van der Waals surface area contributed by atoms with Crippen molar-refractivity contribution in [2.75, 3.05) is 43.1 Å². The Kier molecular flexibility index (Phi) is 10.9. The third-order valence-electron chi connectivity index (χ3n) is 7.44. The fourth-order valence-corrected chi connectivity index (χ4v) is 5.29. The van der Waals surface area contributed by atoms with Gasteiger partial charge in [-0.2, -0.15) is 0 Å². The highest BCUT2D eigenvalue weighted by molar-refractivity contribution is 5.98. The maximum absolute atomic E-state index is 13.4. The quantitative estimate of drug-likeness (QED) is 0.411. The number of amides is 3. The Morgan fingerprint density at radius 2 is 1.51 bits per heavy atom. The summed E-state index contributed by atoms with van der Waals surface area (Å²) in [6.45, 7) is 13.9. The van der Waals surface area contributed by atoms with Crippen molar-refractivity contribution >= 4 is 35.3 Å². The maximum atomic E-state index is 13.4. The topological polar surface area (TPSA) is 127 Å². The molecule has 2 fully saturated rings. The molecule has 0 aromatic heterocycles. The first kappa shape index (κ1) is 33.9. The number of piperazine rings is 1. The van der Waals surface area contributed by atoms with Gasteiger partial charge in [-0.25, -0.2) is 9.59 Å². The van der Waals surface area contributed by atoms with Crippen LogP contribution in [-0.4, -0.2) is 84.9 Å². The normalized spacial score (nSPS) is 17.4. The van der Waals surface area contributed by atoms with E-state index in [1.54, 1.807) is 70.7 Å². The number of alkyl carbamates (subject to hydrolysis) is 1. The van der Waals surface area contributed by atoms with E-state index in [2.05, 4.69) is 15.5 Å². The number of nitrogens with one attached hydrogen (secondary N) is 2. The summed E-state index contributed by atoms with van der Waals surface area (Å²) in [6.07, 6.45) is 1.37. The molecular formula is C34H46N4O7. The minimum absolute atomic E-state index is 0.0574. The van der Waals surface area contributed by atoms with Gasteiger partial charge in [0.15, 0.2) is 0 Å². The van der Waals surface area contributed by atoms with Gasteiger partial charge in [-0.15, -0.1) is 0 Å². The smallest absolute Gasteiger partial charge is 0.408 e. The van der Waals surface area contributed by atoms with Gasteiger partial charge in [0.1, 0.15) is 17.2 Å². The van der Waals surface area contributed by atoms with Gasteiger partial charge in [-0.3, -0.25) is 14.5 Å². The second kappa shape index (κ2) is 14.4. The van der Waals surface area contributed by atoms with Crippen molar-refractivity contribution < 1.29 is 33.4 Å². The molecule has 244 valence electrons. The average molecular weight is 623 g/mol. The molecule has 0 radical (unpaired) electrons. The fraction of sp³-hybridized carbons (Fsp3) is 0.529. The lowest BCUT2D eigenvalue weighted by Crippen LogP contribution is -2.54. The number of hydrogen-bond donors (Lipinski definition) is 2. The van der Waals surface area contributed by atoms with Crippen molar-refractivity contribution in [2.24, 2.45) is 0 Å². The second-order valence-corrected chi connectivity index (χ2v) is 13.5. The zero-order valence-electron chi connectivity index (χ0n) is 27.2. The summed E-state index contributed by atoms with van der Waals surface area (Å²) in [6, 6.07) is 13.2. The number of anilines is 2. The van der Waals surface area contributed by atoms with Crippen molar-refractivity contribution in [1.29, 1.82) is 0 Å². The molecule has 4 rings (SSSR count). The summed E-state index contributed by atoms with van der Waals surface area (Å²) < 4.78 is 16.3. The Labute approximate surface area is 265 Å². The highest BCUT2D eigenvalue weighted by Gasteiger charge is 2.31. The van der Waals surface area contributed by atoms with Gasteiger partial charge in [0.2, 0.25) is 11.8 Å². The maximum Gasteiger partial charge on any atom is 0.408 e. The van der Waals surface area contributed by atoms with Crippen LogP contribution in [0.4, 0.5) is 16.2 Å². The van der Waals surface area contributed by atoms with Crippen LogP contribution in [0, 0.1) is 0 Å². The SMILES string of the molecule is CC(C)(C)OC(=O)N[C@@H](Cc1ccc(N2CCN(C3CCOCC3)CC2=O)cc1)C(=O)Nc1ccc(C(=O)OC(C)(C)C)cc1. The van der Waals surface area contributed by atoms with Crippen molar-refractivity contribution in [3.05, 3.63) is 59.7 Å². The largest absolute Gasteiger partial charge is 0.456 e. The molecule has 0 saturated carbocycles. The number of ether oxygens (including phenoxy) is 3. The molecule has 0 bridgehead atoms. The monoisotopic (exact) mass is 622 g/mol. The van der Waals surface area contributed by atoms with E-state index in [0.29, 0.717) is 30.4 Å². The Hall–Kier alpha value is -3.96. The zero-order valence-corrected chi connectivity index (χ0v) is 27.2. The number of hydrogen-bond acceptors (Lipinski definition) is 8. The van der Waals surface area contributed by atoms with E-state index in [1.807, 2.05) is 24.3 Å². The molecule has 2 aliphatic rings. The Bertz CT molecular complexity index is 1340. The van der Waals surface area contributed by atoms with E-state index in [9.17, 15) is 19.2 Å². The van der Waals surface area contributed by atoms with Crippen LogP contribution in [0.5, 0.6) is 0 Å². The first-order chi connectivity index (χ1) is 21.2. The van der Waals surface area contributed by atoms with Gasteiger partial charge in [0.05, 0.1) is 12.1 Å². The van der Waals surface area contributed by atoms with Gasteiger partial charge in [0, 0.05) is 50.1 Å². The van der Waals surface area contributed by atoms with E-state index < -0.39 is 35.2 Å². The Morgan fingerprint density at radius 3 is 2.09 bits per heavy atom. The molecule has 2 heterocycles. The zero-order chi connectivity index (χ0) is 32.8. The summed E-state index contributed by atoms with van der Waals surface area (Å²) in [5.41, 5.74) is 1.03. The molecule has 1 atom stereocenters. The molecule has 11 heteroatoms. The third-order valence-corrected chi connectivity index (χ3v) is 7.44. The predicted octanol–water partition coefficient (Wildman–Crippen LogP) is 4.54. The molecule has 0 unspecified atom stereocenters. The number of carbonyl (C=O) groups is 4. The fourth-order valence-electron chi connectivity index (χ4n) is 5.29. The molecule has 2 aromatic carbocycles. The first-order valence-corrected chi connectivity index (χ1v) is 15.5. The Balaban J connectivity index is 1.41. The molecule has 0 spiro atoms. The third kappa shape index (κ3) is 10.3. The molecule has 45 heavy (non-hydrogen) atoms. The van der Waals surface area contributed by atoms with E-state index in [0.717, 1.165) is 43.9 Å². The number of rotatable bonds is 8.